The van der Waals surface area contributed by atoms with Gasteiger partial charge in [-0.05, 0) is 39.7 Å². The highest BCUT2D eigenvalue weighted by molar-refractivity contribution is 9.10. The Morgan fingerprint density at radius 3 is 2.78 bits per heavy atom. The van der Waals surface area contributed by atoms with Gasteiger partial charge < -0.3 is 5.32 Å². The van der Waals surface area contributed by atoms with Gasteiger partial charge in [0.05, 0.1) is 11.8 Å². The summed E-state index contributed by atoms with van der Waals surface area (Å²) in [6.07, 6.45) is 7.26. The third-order valence-corrected chi connectivity index (χ3v) is 4.10. The molecule has 1 N–H and O–H groups in total. The topological polar surface area (TPSA) is 59.8 Å². The van der Waals surface area contributed by atoms with Crippen LogP contribution in [0.15, 0.2) is 59.6 Å². The molecule has 0 aliphatic rings. The Labute approximate surface area is 142 Å². The Kier molecular flexibility index (Phi) is 4.52. The molecule has 0 atom stereocenters. The van der Waals surface area contributed by atoms with Crippen molar-refractivity contribution < 1.29 is 4.79 Å². The molecule has 1 aromatic carbocycles. The van der Waals surface area contributed by atoms with E-state index in [9.17, 15) is 4.79 Å². The molecule has 0 spiro atoms. The summed E-state index contributed by atoms with van der Waals surface area (Å²) < 4.78 is 2.52. The van der Waals surface area contributed by atoms with Crippen LogP contribution in [0.25, 0.3) is 11.1 Å². The lowest BCUT2D eigenvalue weighted by atomic mass is 10.1. The van der Waals surface area contributed by atoms with Crippen molar-refractivity contribution in [3.63, 3.8) is 0 Å². The number of amides is 1. The summed E-state index contributed by atoms with van der Waals surface area (Å²) in [5, 5.41) is 7.07. The molecular weight excluding hydrogens is 356 g/mol. The van der Waals surface area contributed by atoms with Gasteiger partial charge in [0.1, 0.15) is 0 Å². The molecule has 5 nitrogen and oxygen atoms in total. The molecule has 23 heavy (non-hydrogen) atoms. The van der Waals surface area contributed by atoms with Gasteiger partial charge in [-0.1, -0.05) is 12.1 Å². The summed E-state index contributed by atoms with van der Waals surface area (Å²) in [4.78, 5) is 16.5. The summed E-state index contributed by atoms with van der Waals surface area (Å²) in [5.74, 6) is -0.121. The number of carbonyl (C=O) groups is 1. The average Bonchev–Trinajstić information content (AvgIpc) is 3.00. The zero-order chi connectivity index (χ0) is 16.2. The van der Waals surface area contributed by atoms with Gasteiger partial charge >= 0.3 is 0 Å². The van der Waals surface area contributed by atoms with Crippen molar-refractivity contribution in [1.29, 1.82) is 0 Å². The van der Waals surface area contributed by atoms with E-state index in [4.69, 9.17) is 0 Å². The first-order valence-electron chi connectivity index (χ1n) is 7.09. The van der Waals surface area contributed by atoms with Crippen molar-refractivity contribution >= 4 is 21.8 Å². The molecule has 0 aliphatic heterocycles. The van der Waals surface area contributed by atoms with Gasteiger partial charge in [-0.2, -0.15) is 5.10 Å². The Morgan fingerprint density at radius 1 is 1.22 bits per heavy atom. The molecule has 116 valence electrons. The van der Waals surface area contributed by atoms with E-state index in [1.807, 2.05) is 37.5 Å². The molecule has 1 amide bonds. The second-order valence-corrected chi connectivity index (χ2v) is 6.00. The largest absolute Gasteiger partial charge is 0.348 e. The maximum atomic E-state index is 12.2. The normalized spacial score (nSPS) is 10.5. The predicted octanol–water partition coefficient (Wildman–Crippen LogP) is 3.17. The molecule has 0 aliphatic carbocycles. The van der Waals surface area contributed by atoms with Crippen molar-refractivity contribution in [3.05, 3.63) is 70.7 Å². The fraction of sp³-hybridized carbons (Fsp3) is 0.118. The molecule has 0 fully saturated rings. The number of carbonyl (C=O) groups excluding carboxylic acids is 1. The molecule has 0 saturated heterocycles. The number of pyridine rings is 1. The van der Waals surface area contributed by atoms with E-state index >= 15 is 0 Å². The third-order valence-electron chi connectivity index (χ3n) is 3.40. The van der Waals surface area contributed by atoms with E-state index in [1.165, 1.54) is 0 Å². The van der Waals surface area contributed by atoms with Crippen LogP contribution in [0.2, 0.25) is 0 Å². The van der Waals surface area contributed by atoms with Gasteiger partial charge in [-0.25, -0.2) is 0 Å². The smallest absolute Gasteiger partial charge is 0.252 e. The SMILES string of the molecule is Cn1cc(-c2cncc(CNC(=O)c3ccccc3Br)c2)cn1. The Hall–Kier alpha value is -2.47. The van der Waals surface area contributed by atoms with Crippen LogP contribution >= 0.6 is 15.9 Å². The van der Waals surface area contributed by atoms with Crippen LogP contribution in [-0.4, -0.2) is 20.7 Å². The van der Waals surface area contributed by atoms with E-state index in [-0.39, 0.29) is 5.91 Å². The maximum absolute atomic E-state index is 12.2. The fourth-order valence-corrected chi connectivity index (χ4v) is 2.70. The molecule has 0 radical (unpaired) electrons. The molecule has 3 aromatic rings. The number of aryl methyl sites for hydroxylation is 1. The van der Waals surface area contributed by atoms with E-state index in [1.54, 1.807) is 29.3 Å². The fourth-order valence-electron chi connectivity index (χ4n) is 2.24. The Morgan fingerprint density at radius 2 is 2.04 bits per heavy atom. The van der Waals surface area contributed by atoms with Gasteiger partial charge in [0.2, 0.25) is 0 Å². The summed E-state index contributed by atoms with van der Waals surface area (Å²) in [6, 6.07) is 9.35. The minimum Gasteiger partial charge on any atom is -0.348 e. The van der Waals surface area contributed by atoms with Crippen LogP contribution in [0.3, 0.4) is 0 Å². The van der Waals surface area contributed by atoms with Gasteiger partial charge in [0.15, 0.2) is 0 Å². The first-order chi connectivity index (χ1) is 11.1. The lowest BCUT2D eigenvalue weighted by Crippen LogP contribution is -2.23. The molecule has 2 heterocycles. The highest BCUT2D eigenvalue weighted by atomic mass is 79.9. The highest BCUT2D eigenvalue weighted by Gasteiger charge is 2.09. The lowest BCUT2D eigenvalue weighted by molar-refractivity contribution is 0.0950. The van der Waals surface area contributed by atoms with Crippen molar-refractivity contribution in [3.8, 4) is 11.1 Å². The third kappa shape index (κ3) is 3.65. The minimum atomic E-state index is -0.121. The predicted molar refractivity (Wildman–Crippen MR) is 91.8 cm³/mol. The van der Waals surface area contributed by atoms with E-state index in [0.717, 1.165) is 21.2 Å². The second kappa shape index (κ2) is 6.75. The Bertz CT molecular complexity index is 844. The monoisotopic (exact) mass is 370 g/mol. The molecule has 3 rings (SSSR count). The van der Waals surface area contributed by atoms with Crippen molar-refractivity contribution in [1.82, 2.24) is 20.1 Å². The summed E-state index contributed by atoms with van der Waals surface area (Å²) in [5.41, 5.74) is 3.53. The second-order valence-electron chi connectivity index (χ2n) is 5.15. The lowest BCUT2D eigenvalue weighted by Gasteiger charge is -2.07. The van der Waals surface area contributed by atoms with Crippen molar-refractivity contribution in [2.45, 2.75) is 6.54 Å². The number of hydrogen-bond acceptors (Lipinski definition) is 3. The van der Waals surface area contributed by atoms with E-state index in [2.05, 4.69) is 31.3 Å². The molecule has 6 heteroatoms. The van der Waals surface area contributed by atoms with Crippen LogP contribution in [0.1, 0.15) is 15.9 Å². The molecule has 2 aromatic heterocycles. The number of benzene rings is 1. The quantitative estimate of drug-likeness (QED) is 0.767. The maximum Gasteiger partial charge on any atom is 0.252 e. The van der Waals surface area contributed by atoms with Crippen LogP contribution in [-0.2, 0) is 13.6 Å². The van der Waals surface area contributed by atoms with Crippen LogP contribution in [0.4, 0.5) is 0 Å². The zero-order valence-corrected chi connectivity index (χ0v) is 14.1. The minimum absolute atomic E-state index is 0.121. The highest BCUT2D eigenvalue weighted by Crippen LogP contribution is 2.19. The number of nitrogens with one attached hydrogen (secondary N) is 1. The van der Waals surface area contributed by atoms with Gasteiger partial charge in [-0.3, -0.25) is 14.5 Å². The first kappa shape index (κ1) is 15.4. The average molecular weight is 371 g/mol. The van der Waals surface area contributed by atoms with Crippen molar-refractivity contribution in [2.24, 2.45) is 7.05 Å². The van der Waals surface area contributed by atoms with Gasteiger partial charge in [0.25, 0.3) is 5.91 Å². The number of hydrogen-bond donors (Lipinski definition) is 1. The van der Waals surface area contributed by atoms with E-state index < -0.39 is 0 Å². The standard InChI is InChI=1S/C17H15BrN4O/c1-22-11-14(10-21-22)13-6-12(7-19-9-13)8-20-17(23)15-4-2-3-5-16(15)18/h2-7,9-11H,8H2,1H3,(H,20,23). The van der Waals surface area contributed by atoms with Crippen molar-refractivity contribution in [2.75, 3.05) is 0 Å². The first-order valence-corrected chi connectivity index (χ1v) is 7.88. The number of nitrogens with zero attached hydrogens (tertiary/aromatic N) is 3. The molecule has 0 saturated carbocycles. The molecule has 0 unspecified atom stereocenters. The summed E-state index contributed by atoms with van der Waals surface area (Å²) in [7, 11) is 1.87. The molecule has 0 bridgehead atoms. The van der Waals surface area contributed by atoms with Gasteiger partial charge in [0, 0.05) is 47.8 Å². The number of rotatable bonds is 4. The zero-order valence-electron chi connectivity index (χ0n) is 12.5. The number of halogens is 1. The van der Waals surface area contributed by atoms with Gasteiger partial charge in [-0.15, -0.1) is 0 Å². The molecular formula is C17H15BrN4O. The Balaban J connectivity index is 1.71. The van der Waals surface area contributed by atoms with Crippen LogP contribution in [0.5, 0.6) is 0 Å². The summed E-state index contributed by atoms with van der Waals surface area (Å²) >= 11 is 3.39. The number of aromatic nitrogens is 3. The summed E-state index contributed by atoms with van der Waals surface area (Å²) in [6.45, 7) is 0.418. The van der Waals surface area contributed by atoms with E-state index in [0.29, 0.717) is 12.1 Å². The van der Waals surface area contributed by atoms with Crippen LogP contribution in [0, 0.1) is 0 Å². The van der Waals surface area contributed by atoms with Crippen LogP contribution < -0.4 is 5.32 Å².